The van der Waals surface area contributed by atoms with E-state index < -0.39 is 0 Å². The summed E-state index contributed by atoms with van der Waals surface area (Å²) in [5, 5.41) is 7.73. The summed E-state index contributed by atoms with van der Waals surface area (Å²) in [6.45, 7) is 6.87. The minimum absolute atomic E-state index is 0. The van der Waals surface area contributed by atoms with Gasteiger partial charge in [0.25, 0.3) is 0 Å². The summed E-state index contributed by atoms with van der Waals surface area (Å²) in [6.07, 6.45) is 12.0. The standard InChI is InChI=1S/C17H27N7.HI/c1-3-19-17(20-6-4-8-23-10-7-18-14-23)24-9-5-15(13-24)16-11-21-22(2)12-16;/h7,10-12,14-15H,3-6,8-9,13H2,1-2H3,(H,19,20);1H. The molecule has 1 atom stereocenters. The van der Waals surface area contributed by atoms with Crippen LogP contribution in [-0.4, -0.2) is 56.4 Å². The molecule has 0 amide bonds. The molecule has 1 N–H and O–H groups in total. The number of halogens is 1. The van der Waals surface area contributed by atoms with E-state index in [-0.39, 0.29) is 24.0 Å². The molecule has 0 aromatic carbocycles. The Bertz CT molecular complexity index is 650. The molecule has 0 aliphatic carbocycles. The number of aromatic nitrogens is 4. The van der Waals surface area contributed by atoms with Gasteiger partial charge in [0.05, 0.1) is 12.5 Å². The van der Waals surface area contributed by atoms with Gasteiger partial charge >= 0.3 is 0 Å². The maximum absolute atomic E-state index is 4.81. The van der Waals surface area contributed by atoms with Crippen molar-refractivity contribution in [2.45, 2.75) is 32.2 Å². The third-order valence-corrected chi connectivity index (χ3v) is 4.41. The Morgan fingerprint density at radius 3 is 3.00 bits per heavy atom. The quantitative estimate of drug-likeness (QED) is 0.312. The van der Waals surface area contributed by atoms with E-state index in [1.54, 1.807) is 0 Å². The van der Waals surface area contributed by atoms with Crippen LogP contribution in [0.15, 0.2) is 36.1 Å². The molecule has 0 spiro atoms. The summed E-state index contributed by atoms with van der Waals surface area (Å²) in [7, 11) is 1.97. The van der Waals surface area contributed by atoms with Gasteiger partial charge in [-0.2, -0.15) is 5.10 Å². The van der Waals surface area contributed by atoms with Gasteiger partial charge in [-0.25, -0.2) is 4.98 Å². The number of rotatable bonds is 6. The molecular weight excluding hydrogens is 429 g/mol. The first-order chi connectivity index (χ1) is 11.8. The molecule has 3 heterocycles. The average molecular weight is 457 g/mol. The summed E-state index contributed by atoms with van der Waals surface area (Å²) in [5.41, 5.74) is 1.33. The Hall–Kier alpha value is -1.58. The third-order valence-electron chi connectivity index (χ3n) is 4.41. The van der Waals surface area contributed by atoms with Gasteiger partial charge < -0.3 is 14.8 Å². The second-order valence-corrected chi connectivity index (χ2v) is 6.27. The Morgan fingerprint density at radius 2 is 2.32 bits per heavy atom. The molecule has 7 nitrogen and oxygen atoms in total. The summed E-state index contributed by atoms with van der Waals surface area (Å²) in [4.78, 5) is 11.2. The van der Waals surface area contributed by atoms with Crippen LogP contribution in [0.1, 0.15) is 31.2 Å². The van der Waals surface area contributed by atoms with E-state index in [2.05, 4.69) is 38.0 Å². The van der Waals surface area contributed by atoms with Gasteiger partial charge in [0, 0.05) is 64.3 Å². The Balaban J connectivity index is 0.00000225. The molecule has 3 rings (SSSR count). The summed E-state index contributed by atoms with van der Waals surface area (Å²) in [6, 6.07) is 0. The zero-order valence-electron chi connectivity index (χ0n) is 15.0. The van der Waals surface area contributed by atoms with Crippen molar-refractivity contribution >= 4 is 29.9 Å². The van der Waals surface area contributed by atoms with Crippen molar-refractivity contribution in [1.29, 1.82) is 0 Å². The number of hydrogen-bond acceptors (Lipinski definition) is 3. The SMILES string of the molecule is CCNC(=NCCCn1ccnc1)N1CCC(c2cnn(C)c2)C1.I. The number of nitrogens with one attached hydrogen (secondary N) is 1. The maximum Gasteiger partial charge on any atom is 0.193 e. The molecule has 25 heavy (non-hydrogen) atoms. The lowest BCUT2D eigenvalue weighted by atomic mass is 10.0. The van der Waals surface area contributed by atoms with Gasteiger partial charge in [0.1, 0.15) is 0 Å². The number of likely N-dealkylation sites (tertiary alicyclic amines) is 1. The highest BCUT2D eigenvalue weighted by Gasteiger charge is 2.26. The first-order valence-corrected chi connectivity index (χ1v) is 8.74. The van der Waals surface area contributed by atoms with E-state index in [0.717, 1.165) is 51.5 Å². The monoisotopic (exact) mass is 457 g/mol. The van der Waals surface area contributed by atoms with Gasteiger partial charge in [-0.15, -0.1) is 24.0 Å². The molecule has 8 heteroatoms. The van der Waals surface area contributed by atoms with Crippen LogP contribution >= 0.6 is 24.0 Å². The zero-order chi connectivity index (χ0) is 16.8. The molecule has 1 unspecified atom stereocenters. The number of aryl methyl sites for hydroxylation is 2. The second-order valence-electron chi connectivity index (χ2n) is 6.27. The lowest BCUT2D eigenvalue weighted by Gasteiger charge is -2.21. The van der Waals surface area contributed by atoms with Crippen LogP contribution in [0.2, 0.25) is 0 Å². The molecule has 2 aromatic rings. The van der Waals surface area contributed by atoms with Gasteiger partial charge in [-0.05, 0) is 25.3 Å². The highest BCUT2D eigenvalue weighted by Crippen LogP contribution is 2.26. The van der Waals surface area contributed by atoms with Crippen molar-refractivity contribution in [2.75, 3.05) is 26.2 Å². The number of aliphatic imine (C=N–C) groups is 1. The average Bonchev–Trinajstić information content (AvgIpc) is 3.31. The molecule has 1 aliphatic rings. The van der Waals surface area contributed by atoms with E-state index in [4.69, 9.17) is 4.99 Å². The number of hydrogen-bond donors (Lipinski definition) is 1. The highest BCUT2D eigenvalue weighted by atomic mass is 127. The number of guanidine groups is 1. The lowest BCUT2D eigenvalue weighted by molar-refractivity contribution is 0.484. The summed E-state index contributed by atoms with van der Waals surface area (Å²) in [5.74, 6) is 1.59. The summed E-state index contributed by atoms with van der Waals surface area (Å²) < 4.78 is 3.98. The molecule has 0 radical (unpaired) electrons. The zero-order valence-corrected chi connectivity index (χ0v) is 17.3. The largest absolute Gasteiger partial charge is 0.357 e. The first kappa shape index (κ1) is 19.7. The third kappa shape index (κ3) is 5.45. The topological polar surface area (TPSA) is 63.3 Å². The Kier molecular flexibility index (Phi) is 7.73. The van der Waals surface area contributed by atoms with Crippen molar-refractivity contribution < 1.29 is 0 Å². The van der Waals surface area contributed by atoms with Crippen LogP contribution in [0.3, 0.4) is 0 Å². The first-order valence-electron chi connectivity index (χ1n) is 8.74. The van der Waals surface area contributed by atoms with E-state index in [0.29, 0.717) is 5.92 Å². The van der Waals surface area contributed by atoms with Crippen molar-refractivity contribution in [2.24, 2.45) is 12.0 Å². The van der Waals surface area contributed by atoms with Crippen molar-refractivity contribution in [1.82, 2.24) is 29.5 Å². The molecule has 1 aliphatic heterocycles. The lowest BCUT2D eigenvalue weighted by Crippen LogP contribution is -2.40. The van der Waals surface area contributed by atoms with Crippen molar-refractivity contribution in [3.63, 3.8) is 0 Å². The van der Waals surface area contributed by atoms with Crippen molar-refractivity contribution in [3.05, 3.63) is 36.7 Å². The number of imidazole rings is 1. The molecule has 138 valence electrons. The fourth-order valence-electron chi connectivity index (χ4n) is 3.16. The molecule has 1 saturated heterocycles. The van der Waals surface area contributed by atoms with Crippen LogP contribution in [-0.2, 0) is 13.6 Å². The van der Waals surface area contributed by atoms with E-state index in [1.165, 1.54) is 5.56 Å². The molecule has 0 bridgehead atoms. The van der Waals surface area contributed by atoms with Crippen LogP contribution < -0.4 is 5.32 Å². The minimum Gasteiger partial charge on any atom is -0.357 e. The van der Waals surface area contributed by atoms with Gasteiger partial charge in [0.15, 0.2) is 5.96 Å². The Labute approximate surface area is 166 Å². The highest BCUT2D eigenvalue weighted by molar-refractivity contribution is 14.0. The van der Waals surface area contributed by atoms with E-state index >= 15 is 0 Å². The molecular formula is C17H28IN7. The van der Waals surface area contributed by atoms with E-state index in [9.17, 15) is 0 Å². The van der Waals surface area contributed by atoms with E-state index in [1.807, 2.05) is 36.6 Å². The van der Waals surface area contributed by atoms with Crippen LogP contribution in [0, 0.1) is 0 Å². The fraction of sp³-hybridized carbons (Fsp3) is 0.588. The van der Waals surface area contributed by atoms with Crippen LogP contribution in [0.25, 0.3) is 0 Å². The Morgan fingerprint density at radius 1 is 1.44 bits per heavy atom. The normalized spacial score (nSPS) is 17.6. The molecule has 1 fully saturated rings. The summed E-state index contributed by atoms with van der Waals surface area (Å²) >= 11 is 0. The van der Waals surface area contributed by atoms with Gasteiger partial charge in [0.2, 0.25) is 0 Å². The number of nitrogens with zero attached hydrogens (tertiary/aromatic N) is 6. The van der Waals surface area contributed by atoms with Gasteiger partial charge in [-0.3, -0.25) is 9.67 Å². The van der Waals surface area contributed by atoms with Gasteiger partial charge in [-0.1, -0.05) is 0 Å². The predicted octanol–water partition coefficient (Wildman–Crippen LogP) is 2.08. The fourth-order valence-corrected chi connectivity index (χ4v) is 3.16. The molecule has 2 aromatic heterocycles. The smallest absolute Gasteiger partial charge is 0.193 e. The van der Waals surface area contributed by atoms with Crippen LogP contribution in [0.5, 0.6) is 0 Å². The predicted molar refractivity (Wildman–Crippen MR) is 110 cm³/mol. The molecule has 0 saturated carbocycles. The van der Waals surface area contributed by atoms with Crippen molar-refractivity contribution in [3.8, 4) is 0 Å². The minimum atomic E-state index is 0. The van der Waals surface area contributed by atoms with Crippen LogP contribution in [0.4, 0.5) is 0 Å². The second kappa shape index (κ2) is 9.79. The maximum atomic E-state index is 4.81.